The van der Waals surface area contributed by atoms with Gasteiger partial charge in [-0.1, -0.05) is 27.7 Å². The van der Waals surface area contributed by atoms with Gasteiger partial charge >= 0.3 is 0 Å². The van der Waals surface area contributed by atoms with Crippen molar-refractivity contribution in [2.45, 2.75) is 71.4 Å². The molecule has 0 amide bonds. The molecule has 0 aromatic heterocycles. The monoisotopic (exact) mass is 253 g/mol. The average Bonchev–Trinajstić information content (AvgIpc) is 2.33. The fraction of sp³-hybridized carbons (Fsp3) is 1.00. The smallest absolute Gasteiger partial charge is 0.0838 e. The minimum Gasteiger partial charge on any atom is -0.372 e. The fourth-order valence-electron chi connectivity index (χ4n) is 4.05. The number of ether oxygens (including phenoxy) is 1. The SMILES string of the molecule is CC(C)CC(C)C1NCCOC12CCC(C)CC2. The van der Waals surface area contributed by atoms with Gasteiger partial charge in [0, 0.05) is 12.6 Å². The summed E-state index contributed by atoms with van der Waals surface area (Å²) in [6.45, 7) is 11.4. The number of morpholine rings is 1. The largest absolute Gasteiger partial charge is 0.372 e. The maximum absolute atomic E-state index is 6.31. The molecule has 1 aliphatic carbocycles. The van der Waals surface area contributed by atoms with Gasteiger partial charge in [-0.25, -0.2) is 0 Å². The van der Waals surface area contributed by atoms with Crippen molar-refractivity contribution >= 4 is 0 Å². The summed E-state index contributed by atoms with van der Waals surface area (Å²) in [5, 5.41) is 3.77. The molecule has 106 valence electrons. The molecule has 1 heterocycles. The van der Waals surface area contributed by atoms with Crippen LogP contribution in [0.15, 0.2) is 0 Å². The molecule has 1 N–H and O–H groups in total. The second-order valence-electron chi connectivity index (χ2n) is 7.13. The molecule has 2 unspecified atom stereocenters. The molecule has 1 saturated heterocycles. The Morgan fingerprint density at radius 3 is 2.50 bits per heavy atom. The van der Waals surface area contributed by atoms with E-state index in [4.69, 9.17) is 4.74 Å². The van der Waals surface area contributed by atoms with Crippen molar-refractivity contribution in [1.82, 2.24) is 5.32 Å². The zero-order chi connectivity index (χ0) is 13.2. The van der Waals surface area contributed by atoms with Crippen molar-refractivity contribution < 1.29 is 4.74 Å². The van der Waals surface area contributed by atoms with Gasteiger partial charge in [-0.05, 0) is 49.9 Å². The van der Waals surface area contributed by atoms with E-state index in [9.17, 15) is 0 Å². The third-order valence-corrected chi connectivity index (χ3v) is 4.96. The highest BCUT2D eigenvalue weighted by Gasteiger charge is 2.45. The second kappa shape index (κ2) is 5.92. The quantitative estimate of drug-likeness (QED) is 0.829. The van der Waals surface area contributed by atoms with Crippen LogP contribution in [0.2, 0.25) is 0 Å². The molecule has 1 aliphatic heterocycles. The molecule has 2 rings (SSSR count). The highest BCUT2D eigenvalue weighted by molar-refractivity contribution is 5.00. The van der Waals surface area contributed by atoms with Gasteiger partial charge in [0.2, 0.25) is 0 Å². The Morgan fingerprint density at radius 2 is 1.89 bits per heavy atom. The lowest BCUT2D eigenvalue weighted by Crippen LogP contribution is -2.61. The molecule has 2 aliphatic rings. The zero-order valence-electron chi connectivity index (χ0n) is 12.7. The maximum atomic E-state index is 6.31. The van der Waals surface area contributed by atoms with Gasteiger partial charge in [-0.2, -0.15) is 0 Å². The summed E-state index contributed by atoms with van der Waals surface area (Å²) in [6, 6.07) is 0.571. The molecule has 0 aromatic rings. The van der Waals surface area contributed by atoms with Crippen molar-refractivity contribution in [1.29, 1.82) is 0 Å². The van der Waals surface area contributed by atoms with E-state index in [0.29, 0.717) is 6.04 Å². The molecule has 1 saturated carbocycles. The first-order valence-corrected chi connectivity index (χ1v) is 7.91. The van der Waals surface area contributed by atoms with Crippen LogP contribution in [0.4, 0.5) is 0 Å². The molecule has 2 heteroatoms. The van der Waals surface area contributed by atoms with Gasteiger partial charge in [0.05, 0.1) is 12.2 Å². The fourth-order valence-corrected chi connectivity index (χ4v) is 4.05. The molecular weight excluding hydrogens is 222 g/mol. The van der Waals surface area contributed by atoms with E-state index in [1.165, 1.54) is 32.1 Å². The van der Waals surface area contributed by atoms with Crippen molar-refractivity contribution in [3.05, 3.63) is 0 Å². The first kappa shape index (κ1) is 14.3. The van der Waals surface area contributed by atoms with Gasteiger partial charge in [0.25, 0.3) is 0 Å². The maximum Gasteiger partial charge on any atom is 0.0838 e. The Kier molecular flexibility index (Phi) is 4.71. The predicted molar refractivity (Wildman–Crippen MR) is 76.7 cm³/mol. The second-order valence-corrected chi connectivity index (χ2v) is 7.13. The summed E-state index contributed by atoms with van der Waals surface area (Å²) < 4.78 is 6.31. The summed E-state index contributed by atoms with van der Waals surface area (Å²) in [7, 11) is 0. The topological polar surface area (TPSA) is 21.3 Å². The molecule has 2 fully saturated rings. The van der Waals surface area contributed by atoms with Crippen LogP contribution in [0.25, 0.3) is 0 Å². The van der Waals surface area contributed by atoms with Crippen molar-refractivity contribution in [3.63, 3.8) is 0 Å². The third-order valence-electron chi connectivity index (χ3n) is 4.96. The van der Waals surface area contributed by atoms with Gasteiger partial charge in [-0.3, -0.25) is 0 Å². The molecular formula is C16H31NO. The Labute approximate surface area is 113 Å². The first-order chi connectivity index (χ1) is 8.53. The van der Waals surface area contributed by atoms with Gasteiger partial charge < -0.3 is 10.1 Å². The number of rotatable bonds is 3. The van der Waals surface area contributed by atoms with E-state index < -0.39 is 0 Å². The number of hydrogen-bond acceptors (Lipinski definition) is 2. The summed E-state index contributed by atoms with van der Waals surface area (Å²) in [5.74, 6) is 2.39. The zero-order valence-corrected chi connectivity index (χ0v) is 12.7. The first-order valence-electron chi connectivity index (χ1n) is 7.91. The van der Waals surface area contributed by atoms with Gasteiger partial charge in [-0.15, -0.1) is 0 Å². The Bertz CT molecular complexity index is 256. The summed E-state index contributed by atoms with van der Waals surface area (Å²) >= 11 is 0. The molecule has 0 radical (unpaired) electrons. The minimum absolute atomic E-state index is 0.152. The van der Waals surface area contributed by atoms with Crippen molar-refractivity contribution in [3.8, 4) is 0 Å². The highest BCUT2D eigenvalue weighted by atomic mass is 16.5. The van der Waals surface area contributed by atoms with Crippen LogP contribution in [0, 0.1) is 17.8 Å². The van der Waals surface area contributed by atoms with Crippen molar-refractivity contribution in [2.75, 3.05) is 13.2 Å². The number of hydrogen-bond donors (Lipinski definition) is 1. The average molecular weight is 253 g/mol. The van der Waals surface area contributed by atoms with Crippen LogP contribution in [0.1, 0.15) is 59.8 Å². The lowest BCUT2D eigenvalue weighted by molar-refractivity contribution is -0.135. The van der Waals surface area contributed by atoms with Crippen LogP contribution in [0.3, 0.4) is 0 Å². The van der Waals surface area contributed by atoms with Gasteiger partial charge in [0.1, 0.15) is 0 Å². The lowest BCUT2D eigenvalue weighted by Gasteiger charge is -2.50. The highest BCUT2D eigenvalue weighted by Crippen LogP contribution is 2.41. The Hall–Kier alpha value is -0.0800. The van der Waals surface area contributed by atoms with Crippen LogP contribution in [-0.4, -0.2) is 24.8 Å². The minimum atomic E-state index is 0.152. The van der Waals surface area contributed by atoms with E-state index in [1.807, 2.05) is 0 Å². The summed E-state index contributed by atoms with van der Waals surface area (Å²) in [6.07, 6.45) is 6.50. The molecule has 2 atom stereocenters. The van der Waals surface area contributed by atoms with Crippen LogP contribution in [-0.2, 0) is 4.74 Å². The van der Waals surface area contributed by atoms with E-state index in [1.54, 1.807) is 0 Å². The Balaban J connectivity index is 2.05. The van der Waals surface area contributed by atoms with Crippen LogP contribution < -0.4 is 5.32 Å². The van der Waals surface area contributed by atoms with Gasteiger partial charge in [0.15, 0.2) is 0 Å². The molecule has 2 nitrogen and oxygen atoms in total. The Morgan fingerprint density at radius 1 is 1.22 bits per heavy atom. The number of nitrogens with one attached hydrogen (secondary N) is 1. The summed E-state index contributed by atoms with van der Waals surface area (Å²) in [5.41, 5.74) is 0.152. The lowest BCUT2D eigenvalue weighted by atomic mass is 9.70. The molecule has 0 aromatic carbocycles. The molecule has 0 bridgehead atoms. The van der Waals surface area contributed by atoms with E-state index in [0.717, 1.165) is 30.9 Å². The normalized spacial score (nSPS) is 39.2. The van der Waals surface area contributed by atoms with Crippen LogP contribution >= 0.6 is 0 Å². The predicted octanol–water partition coefficient (Wildman–Crippen LogP) is 3.61. The molecule has 1 spiro atoms. The van der Waals surface area contributed by atoms with Crippen molar-refractivity contribution in [2.24, 2.45) is 17.8 Å². The molecule has 18 heavy (non-hydrogen) atoms. The standard InChI is InChI=1S/C16H31NO/c1-12(2)11-14(4)15-16(18-10-9-17-15)7-5-13(3)6-8-16/h12-15,17H,5-11H2,1-4H3. The summed E-state index contributed by atoms with van der Waals surface area (Å²) in [4.78, 5) is 0. The third kappa shape index (κ3) is 3.08. The van der Waals surface area contributed by atoms with Crippen LogP contribution in [0.5, 0.6) is 0 Å². The van der Waals surface area contributed by atoms with E-state index in [2.05, 4.69) is 33.0 Å². The van der Waals surface area contributed by atoms with E-state index in [-0.39, 0.29) is 5.60 Å². The van der Waals surface area contributed by atoms with E-state index >= 15 is 0 Å².